The van der Waals surface area contributed by atoms with Gasteiger partial charge in [-0.15, -0.1) is 0 Å². The highest BCUT2D eigenvalue weighted by Gasteiger charge is 2.47. The number of methoxy groups -OCH3 is 1. The molecule has 198 valence electrons. The van der Waals surface area contributed by atoms with E-state index in [1.54, 1.807) is 53.3 Å². The number of rotatable bonds is 6. The average Bonchev–Trinajstić information content (AvgIpc) is 3.38. The Bertz CT molecular complexity index is 1670. The Morgan fingerprint density at radius 1 is 1.05 bits per heavy atom. The zero-order chi connectivity index (χ0) is 27.1. The summed E-state index contributed by atoms with van der Waals surface area (Å²) < 4.78 is 49.6. The first-order valence-electron chi connectivity index (χ1n) is 12.5. The Kier molecular flexibility index (Phi) is 6.36. The molecule has 2 aliphatic rings. The maximum atomic E-state index is 13.9. The van der Waals surface area contributed by atoms with Crippen molar-refractivity contribution in [2.45, 2.75) is 23.8 Å². The molecule has 0 N–H and O–H groups in total. The lowest BCUT2D eigenvalue weighted by molar-refractivity contribution is 0.0821. The lowest BCUT2D eigenvalue weighted by Gasteiger charge is -2.42. The SMILES string of the molecule is COc1ccc(S(=O)(=O)N2CCC3=Cc4c(cnn4-c4ccc(F)cc4)CC3[C@H]2C(=O)c2ccccn2)cc1. The van der Waals surface area contributed by atoms with Crippen molar-refractivity contribution in [3.8, 4) is 11.4 Å². The average molecular weight is 545 g/mol. The molecule has 1 aliphatic carbocycles. The lowest BCUT2D eigenvalue weighted by atomic mass is 9.76. The van der Waals surface area contributed by atoms with Crippen LogP contribution in [-0.2, 0) is 16.4 Å². The molecule has 1 aliphatic heterocycles. The standard InChI is InChI=1S/C29H25FN4O4S/c1-38-23-9-11-24(12-10-23)39(36,37)33-15-13-19-17-27-20(18-32-34(27)22-7-5-21(30)6-8-22)16-25(19)28(33)29(35)26-4-2-3-14-31-26/h2-12,14,17-18,25,28H,13,15-16H2,1H3/t25?,28-/m0/s1. The summed E-state index contributed by atoms with van der Waals surface area (Å²) in [5, 5.41) is 4.52. The molecule has 8 nitrogen and oxygen atoms in total. The number of piperidine rings is 1. The van der Waals surface area contributed by atoms with E-state index in [4.69, 9.17) is 4.74 Å². The van der Waals surface area contributed by atoms with Crippen LogP contribution in [0.15, 0.2) is 89.6 Å². The van der Waals surface area contributed by atoms with Crippen LogP contribution in [0.2, 0.25) is 0 Å². The second kappa shape index (κ2) is 9.87. The molecule has 1 fully saturated rings. The number of carbonyl (C=O) groups excluding carboxylic acids is 1. The molecular weight excluding hydrogens is 519 g/mol. The normalized spacial score (nSPS) is 19.1. The zero-order valence-corrected chi connectivity index (χ0v) is 21.9. The van der Waals surface area contributed by atoms with Gasteiger partial charge in [0.25, 0.3) is 0 Å². The third kappa shape index (κ3) is 4.45. The fourth-order valence-corrected chi connectivity index (χ4v) is 7.04. The van der Waals surface area contributed by atoms with Crippen LogP contribution in [0.25, 0.3) is 11.8 Å². The third-order valence-electron chi connectivity index (χ3n) is 7.36. The van der Waals surface area contributed by atoms with Crippen LogP contribution in [-0.4, -0.2) is 53.0 Å². The number of carbonyl (C=O) groups is 1. The first kappa shape index (κ1) is 25.1. The predicted molar refractivity (Wildman–Crippen MR) is 143 cm³/mol. The number of ketones is 1. The Balaban J connectivity index is 1.42. The minimum Gasteiger partial charge on any atom is -0.497 e. The summed E-state index contributed by atoms with van der Waals surface area (Å²) in [5.74, 6) is -0.534. The second-order valence-electron chi connectivity index (χ2n) is 9.54. The van der Waals surface area contributed by atoms with Crippen LogP contribution in [0.4, 0.5) is 4.39 Å². The number of benzene rings is 2. The quantitative estimate of drug-likeness (QED) is 0.336. The van der Waals surface area contributed by atoms with Crippen molar-refractivity contribution >= 4 is 21.9 Å². The first-order chi connectivity index (χ1) is 18.9. The summed E-state index contributed by atoms with van der Waals surface area (Å²) in [6, 6.07) is 16.3. The number of hydrogen-bond acceptors (Lipinski definition) is 6. The van der Waals surface area contributed by atoms with Gasteiger partial charge in [0.2, 0.25) is 10.0 Å². The number of fused-ring (bicyclic) bond motifs is 2. The topological polar surface area (TPSA) is 94.4 Å². The largest absolute Gasteiger partial charge is 0.497 e. The molecule has 3 heterocycles. The van der Waals surface area contributed by atoms with Crippen LogP contribution in [0.1, 0.15) is 28.2 Å². The minimum atomic E-state index is -4.01. The molecule has 2 aromatic heterocycles. The molecule has 1 saturated heterocycles. The summed E-state index contributed by atoms with van der Waals surface area (Å²) in [6.07, 6.45) is 6.14. The molecule has 0 bridgehead atoms. The van der Waals surface area contributed by atoms with Gasteiger partial charge in [0.05, 0.1) is 35.6 Å². The smallest absolute Gasteiger partial charge is 0.243 e. The number of hydrogen-bond donors (Lipinski definition) is 0. The zero-order valence-electron chi connectivity index (χ0n) is 21.1. The fraction of sp³-hybridized carbons (Fsp3) is 0.207. The highest BCUT2D eigenvalue weighted by atomic mass is 32.2. The monoisotopic (exact) mass is 544 g/mol. The molecule has 6 rings (SSSR count). The maximum Gasteiger partial charge on any atom is 0.243 e. The van der Waals surface area contributed by atoms with Crippen LogP contribution in [0, 0.1) is 11.7 Å². The van der Waals surface area contributed by atoms with Crippen molar-refractivity contribution in [1.82, 2.24) is 19.1 Å². The minimum absolute atomic E-state index is 0.0928. The van der Waals surface area contributed by atoms with Crippen LogP contribution in [0.5, 0.6) is 5.75 Å². The number of aromatic nitrogens is 3. The third-order valence-corrected chi connectivity index (χ3v) is 9.25. The van der Waals surface area contributed by atoms with Gasteiger partial charge in [0.1, 0.15) is 17.3 Å². The van der Waals surface area contributed by atoms with Crippen LogP contribution < -0.4 is 4.74 Å². The molecule has 2 atom stereocenters. The predicted octanol–water partition coefficient (Wildman–Crippen LogP) is 4.32. The van der Waals surface area contributed by atoms with Crippen molar-refractivity contribution in [2.75, 3.05) is 13.7 Å². The first-order valence-corrected chi connectivity index (χ1v) is 14.0. The second-order valence-corrected chi connectivity index (χ2v) is 11.4. The molecule has 0 radical (unpaired) electrons. The molecule has 10 heteroatoms. The van der Waals surface area contributed by atoms with E-state index in [9.17, 15) is 17.6 Å². The van der Waals surface area contributed by atoms with Crippen molar-refractivity contribution in [3.63, 3.8) is 0 Å². The van der Waals surface area contributed by atoms with Gasteiger partial charge in [-0.2, -0.15) is 9.40 Å². The molecule has 4 aromatic rings. The highest BCUT2D eigenvalue weighted by molar-refractivity contribution is 7.89. The summed E-state index contributed by atoms with van der Waals surface area (Å²) in [6.45, 7) is 0.139. The number of pyridine rings is 1. The van der Waals surface area contributed by atoms with E-state index in [0.29, 0.717) is 24.3 Å². The van der Waals surface area contributed by atoms with Gasteiger partial charge in [-0.25, -0.2) is 17.5 Å². The number of halogens is 1. The van der Waals surface area contributed by atoms with Gasteiger partial charge in [-0.3, -0.25) is 9.78 Å². The molecule has 2 aromatic carbocycles. The summed E-state index contributed by atoms with van der Waals surface area (Å²) in [4.78, 5) is 18.3. The van der Waals surface area contributed by atoms with Gasteiger partial charge < -0.3 is 4.74 Å². The number of sulfonamides is 1. The lowest BCUT2D eigenvalue weighted by Crippen LogP contribution is -2.54. The molecule has 39 heavy (non-hydrogen) atoms. The van der Waals surface area contributed by atoms with Crippen molar-refractivity contribution in [3.05, 3.63) is 107 Å². The van der Waals surface area contributed by atoms with E-state index in [-0.39, 0.29) is 34.7 Å². The maximum absolute atomic E-state index is 13.9. The van der Waals surface area contributed by atoms with Gasteiger partial charge in [0.15, 0.2) is 5.78 Å². The van der Waals surface area contributed by atoms with E-state index in [0.717, 1.165) is 16.8 Å². The Morgan fingerprint density at radius 3 is 2.51 bits per heavy atom. The number of nitrogens with zero attached hydrogens (tertiary/aromatic N) is 4. The van der Waals surface area contributed by atoms with E-state index < -0.39 is 16.1 Å². The summed E-state index contributed by atoms with van der Waals surface area (Å²) in [5.41, 5.74) is 3.64. The van der Waals surface area contributed by atoms with Gasteiger partial charge >= 0.3 is 0 Å². The molecule has 0 saturated carbocycles. The van der Waals surface area contributed by atoms with E-state index >= 15 is 0 Å². The molecule has 0 spiro atoms. The summed E-state index contributed by atoms with van der Waals surface area (Å²) in [7, 11) is -2.50. The Hall–Kier alpha value is -4.15. The van der Waals surface area contributed by atoms with Crippen molar-refractivity contribution in [1.29, 1.82) is 0 Å². The number of ether oxygens (including phenoxy) is 1. The van der Waals surface area contributed by atoms with E-state index in [1.165, 1.54) is 41.9 Å². The molecular formula is C29H25FN4O4S. The summed E-state index contributed by atoms with van der Waals surface area (Å²) >= 11 is 0. The van der Waals surface area contributed by atoms with Crippen LogP contribution in [0.3, 0.4) is 0 Å². The Morgan fingerprint density at radius 2 is 1.82 bits per heavy atom. The fourth-order valence-electron chi connectivity index (χ4n) is 5.42. The van der Waals surface area contributed by atoms with Crippen LogP contribution >= 0.6 is 0 Å². The van der Waals surface area contributed by atoms with Gasteiger partial charge in [-0.1, -0.05) is 11.6 Å². The van der Waals surface area contributed by atoms with Crippen molar-refractivity contribution < 1.29 is 22.3 Å². The van der Waals surface area contributed by atoms with Crippen molar-refractivity contribution in [2.24, 2.45) is 5.92 Å². The van der Waals surface area contributed by atoms with Gasteiger partial charge in [-0.05, 0) is 85.1 Å². The molecule has 0 amide bonds. The van der Waals surface area contributed by atoms with E-state index in [2.05, 4.69) is 10.1 Å². The highest BCUT2D eigenvalue weighted by Crippen LogP contribution is 2.41. The van der Waals surface area contributed by atoms with Gasteiger partial charge in [0, 0.05) is 18.7 Å². The molecule has 1 unspecified atom stereocenters. The number of Topliss-reactive ketones (excluding diaryl/α,β-unsaturated/α-hetero) is 1. The van der Waals surface area contributed by atoms with E-state index in [1.807, 2.05) is 6.08 Å². The Labute approximate surface area is 225 Å².